The lowest BCUT2D eigenvalue weighted by Gasteiger charge is -2.07. The molecule has 1 aromatic heterocycles. The number of aromatic carboxylic acids is 1. The van der Waals surface area contributed by atoms with E-state index >= 15 is 0 Å². The van der Waals surface area contributed by atoms with Gasteiger partial charge in [0.05, 0.1) is 0 Å². The number of benzene rings is 1. The lowest BCUT2D eigenvalue weighted by Crippen LogP contribution is -2.24. The number of carboxylic acids is 1. The van der Waals surface area contributed by atoms with Crippen LogP contribution < -0.4 is 11.1 Å². The van der Waals surface area contributed by atoms with E-state index < -0.39 is 5.97 Å². The van der Waals surface area contributed by atoms with Gasteiger partial charge >= 0.3 is 5.97 Å². The molecule has 104 valence electrons. The number of carbonyl (C=O) groups is 2. The van der Waals surface area contributed by atoms with Crippen LogP contribution in [0.25, 0.3) is 11.3 Å². The molecular formula is C12H13N5O3. The third-order valence-corrected chi connectivity index (χ3v) is 2.67. The SMILES string of the molecule is CNC(=O)Cn1nnc(C(=O)O)c1-c1cccc(N)c1. The molecule has 1 aromatic carbocycles. The average Bonchev–Trinajstić information content (AvgIpc) is 2.82. The topological polar surface area (TPSA) is 123 Å². The van der Waals surface area contributed by atoms with Crippen LogP contribution in [0.4, 0.5) is 5.69 Å². The molecule has 0 fully saturated rings. The Morgan fingerprint density at radius 2 is 2.20 bits per heavy atom. The van der Waals surface area contributed by atoms with E-state index in [2.05, 4.69) is 15.6 Å². The molecule has 0 atom stereocenters. The van der Waals surface area contributed by atoms with Gasteiger partial charge in [-0.1, -0.05) is 17.3 Å². The normalized spacial score (nSPS) is 10.2. The van der Waals surface area contributed by atoms with E-state index in [1.807, 2.05) is 0 Å². The van der Waals surface area contributed by atoms with E-state index in [0.717, 1.165) is 0 Å². The number of carboxylic acid groups (broad SMARTS) is 1. The molecule has 8 nitrogen and oxygen atoms in total. The third kappa shape index (κ3) is 2.58. The minimum absolute atomic E-state index is 0.124. The first kappa shape index (κ1) is 13.5. The van der Waals surface area contributed by atoms with Gasteiger partial charge in [-0.3, -0.25) is 4.79 Å². The van der Waals surface area contributed by atoms with Gasteiger partial charge in [0, 0.05) is 18.3 Å². The van der Waals surface area contributed by atoms with Gasteiger partial charge in [0.15, 0.2) is 5.69 Å². The molecule has 0 aliphatic rings. The van der Waals surface area contributed by atoms with Crippen LogP contribution in [0.1, 0.15) is 10.5 Å². The van der Waals surface area contributed by atoms with Crippen molar-refractivity contribution in [3.63, 3.8) is 0 Å². The number of rotatable bonds is 4. The summed E-state index contributed by atoms with van der Waals surface area (Å²) in [5, 5.41) is 18.9. The number of likely N-dealkylation sites (N-methyl/N-ethyl adjacent to an activating group) is 1. The maximum atomic E-state index is 11.4. The van der Waals surface area contributed by atoms with Crippen LogP contribution in [-0.2, 0) is 11.3 Å². The molecule has 0 saturated heterocycles. The van der Waals surface area contributed by atoms with Crippen LogP contribution in [-0.4, -0.2) is 39.0 Å². The highest BCUT2D eigenvalue weighted by molar-refractivity contribution is 5.93. The molecule has 0 aliphatic carbocycles. The number of nitrogens with two attached hydrogens (primary N) is 1. The second-order valence-electron chi connectivity index (χ2n) is 4.05. The predicted molar refractivity (Wildman–Crippen MR) is 70.9 cm³/mol. The molecule has 1 amide bonds. The smallest absolute Gasteiger partial charge is 0.358 e. The van der Waals surface area contributed by atoms with Crippen LogP contribution in [0, 0.1) is 0 Å². The van der Waals surface area contributed by atoms with Gasteiger partial charge in [0.1, 0.15) is 12.2 Å². The maximum absolute atomic E-state index is 11.4. The molecule has 0 unspecified atom stereocenters. The van der Waals surface area contributed by atoms with Crippen molar-refractivity contribution < 1.29 is 14.7 Å². The fraction of sp³-hybridized carbons (Fsp3) is 0.167. The molecule has 4 N–H and O–H groups in total. The molecule has 0 aliphatic heterocycles. The van der Waals surface area contributed by atoms with Crippen molar-refractivity contribution in [3.05, 3.63) is 30.0 Å². The Bertz CT molecular complexity index is 665. The lowest BCUT2D eigenvalue weighted by atomic mass is 10.1. The quantitative estimate of drug-likeness (QED) is 0.673. The lowest BCUT2D eigenvalue weighted by molar-refractivity contribution is -0.121. The summed E-state index contributed by atoms with van der Waals surface area (Å²) in [6.07, 6.45) is 0. The molecule has 0 radical (unpaired) electrons. The molecule has 2 aromatic rings. The van der Waals surface area contributed by atoms with Gasteiger partial charge in [-0.25, -0.2) is 9.48 Å². The zero-order chi connectivity index (χ0) is 14.7. The van der Waals surface area contributed by atoms with Gasteiger partial charge in [-0.2, -0.15) is 0 Å². The van der Waals surface area contributed by atoms with Gasteiger partial charge in [-0.15, -0.1) is 5.10 Å². The molecule has 20 heavy (non-hydrogen) atoms. The average molecular weight is 275 g/mol. The number of nitrogens with zero attached hydrogens (tertiary/aromatic N) is 3. The Morgan fingerprint density at radius 1 is 1.45 bits per heavy atom. The number of nitrogens with one attached hydrogen (secondary N) is 1. The van der Waals surface area contributed by atoms with E-state index in [1.165, 1.54) is 11.7 Å². The van der Waals surface area contributed by atoms with Crippen molar-refractivity contribution in [2.75, 3.05) is 12.8 Å². The zero-order valence-electron chi connectivity index (χ0n) is 10.7. The van der Waals surface area contributed by atoms with Crippen LogP contribution in [0.2, 0.25) is 0 Å². The fourth-order valence-electron chi connectivity index (χ4n) is 1.75. The van der Waals surface area contributed by atoms with E-state index in [-0.39, 0.29) is 23.8 Å². The summed E-state index contributed by atoms with van der Waals surface area (Å²) in [6, 6.07) is 6.65. The zero-order valence-corrected chi connectivity index (χ0v) is 10.7. The molecule has 0 bridgehead atoms. The van der Waals surface area contributed by atoms with Crippen molar-refractivity contribution in [2.45, 2.75) is 6.54 Å². The number of carbonyl (C=O) groups excluding carboxylic acids is 1. The first-order valence-electron chi connectivity index (χ1n) is 5.76. The van der Waals surface area contributed by atoms with Crippen LogP contribution in [0.5, 0.6) is 0 Å². The van der Waals surface area contributed by atoms with Gasteiger partial charge < -0.3 is 16.2 Å². The van der Waals surface area contributed by atoms with E-state index in [0.29, 0.717) is 11.3 Å². The second kappa shape index (κ2) is 5.39. The molecule has 1 heterocycles. The Balaban J connectivity index is 2.55. The molecular weight excluding hydrogens is 262 g/mol. The number of hydrogen-bond donors (Lipinski definition) is 3. The molecule has 0 spiro atoms. The van der Waals surface area contributed by atoms with Crippen LogP contribution in [0.15, 0.2) is 24.3 Å². The highest BCUT2D eigenvalue weighted by Crippen LogP contribution is 2.24. The summed E-state index contributed by atoms with van der Waals surface area (Å²) < 4.78 is 1.23. The minimum Gasteiger partial charge on any atom is -0.476 e. The van der Waals surface area contributed by atoms with Crippen LogP contribution in [0.3, 0.4) is 0 Å². The molecule has 0 saturated carbocycles. The maximum Gasteiger partial charge on any atom is 0.358 e. The fourth-order valence-corrected chi connectivity index (χ4v) is 1.75. The number of hydrogen-bond acceptors (Lipinski definition) is 5. The Morgan fingerprint density at radius 3 is 2.80 bits per heavy atom. The summed E-state index contributed by atoms with van der Waals surface area (Å²) in [7, 11) is 1.48. The van der Waals surface area contributed by atoms with Crippen molar-refractivity contribution in [3.8, 4) is 11.3 Å². The highest BCUT2D eigenvalue weighted by Gasteiger charge is 2.21. The number of nitrogen functional groups attached to an aromatic ring is 1. The third-order valence-electron chi connectivity index (χ3n) is 2.67. The number of anilines is 1. The Hall–Kier alpha value is -2.90. The summed E-state index contributed by atoms with van der Waals surface area (Å²) in [5.74, 6) is -1.53. The monoisotopic (exact) mass is 275 g/mol. The Labute approximate surface area is 114 Å². The number of amides is 1. The predicted octanol–water partition coefficient (Wildman–Crippen LogP) is -0.0285. The van der Waals surface area contributed by atoms with Crippen molar-refractivity contribution in [1.29, 1.82) is 0 Å². The first-order chi connectivity index (χ1) is 9.52. The van der Waals surface area contributed by atoms with Crippen molar-refractivity contribution >= 4 is 17.6 Å². The summed E-state index contributed by atoms with van der Waals surface area (Å²) >= 11 is 0. The largest absolute Gasteiger partial charge is 0.476 e. The summed E-state index contributed by atoms with van der Waals surface area (Å²) in [6.45, 7) is -0.124. The standard InChI is InChI=1S/C12H13N5O3/c1-14-9(18)6-17-11(10(12(19)20)15-16-17)7-3-2-4-8(13)5-7/h2-5H,6,13H2,1H3,(H,14,18)(H,19,20). The van der Waals surface area contributed by atoms with Gasteiger partial charge in [0.2, 0.25) is 5.91 Å². The number of aromatic nitrogens is 3. The van der Waals surface area contributed by atoms with Crippen molar-refractivity contribution in [1.82, 2.24) is 20.3 Å². The van der Waals surface area contributed by atoms with Crippen LogP contribution >= 0.6 is 0 Å². The highest BCUT2D eigenvalue weighted by atomic mass is 16.4. The summed E-state index contributed by atoms with van der Waals surface area (Å²) in [5.41, 5.74) is 6.73. The molecule has 8 heteroatoms. The van der Waals surface area contributed by atoms with E-state index in [1.54, 1.807) is 24.3 Å². The van der Waals surface area contributed by atoms with E-state index in [9.17, 15) is 9.59 Å². The van der Waals surface area contributed by atoms with Gasteiger partial charge in [-0.05, 0) is 12.1 Å². The first-order valence-corrected chi connectivity index (χ1v) is 5.76. The van der Waals surface area contributed by atoms with Crippen molar-refractivity contribution in [2.24, 2.45) is 0 Å². The second-order valence-corrected chi connectivity index (χ2v) is 4.05. The van der Waals surface area contributed by atoms with E-state index in [4.69, 9.17) is 10.8 Å². The molecule has 2 rings (SSSR count). The summed E-state index contributed by atoms with van der Waals surface area (Å²) in [4.78, 5) is 22.6. The van der Waals surface area contributed by atoms with Gasteiger partial charge in [0.25, 0.3) is 0 Å². The Kier molecular flexibility index (Phi) is 3.65. The minimum atomic E-state index is -1.22.